The van der Waals surface area contributed by atoms with Gasteiger partial charge in [0.15, 0.2) is 5.76 Å². The molecule has 2 heterocycles. The Kier molecular flexibility index (Phi) is 4.00. The first kappa shape index (κ1) is 16.4. The van der Waals surface area contributed by atoms with Crippen LogP contribution in [0.25, 0.3) is 10.7 Å². The summed E-state index contributed by atoms with van der Waals surface area (Å²) in [5.74, 6) is -0.537. The summed E-state index contributed by atoms with van der Waals surface area (Å²) in [6.45, 7) is 0.667. The Morgan fingerprint density at radius 1 is 1.21 bits per heavy atom. The number of fused-ring (bicyclic) bond motifs is 1. The Morgan fingerprint density at radius 2 is 1.92 bits per heavy atom. The molecule has 24 heavy (non-hydrogen) atoms. The van der Waals surface area contributed by atoms with Crippen molar-refractivity contribution in [3.05, 3.63) is 59.4 Å². The van der Waals surface area contributed by atoms with E-state index in [2.05, 4.69) is 4.98 Å². The number of aliphatic hydroxyl groups excluding tert-OH is 1. The SMILES string of the molecule is Cc1ccccc1C1=C(O)c2ncccc2N(CC(F)F)S1(=O)=O. The fourth-order valence-electron chi connectivity index (χ4n) is 2.67. The van der Waals surface area contributed by atoms with E-state index >= 15 is 0 Å². The number of anilines is 1. The van der Waals surface area contributed by atoms with Crippen LogP contribution < -0.4 is 4.31 Å². The minimum atomic E-state index is -4.35. The molecule has 0 saturated carbocycles. The number of nitrogens with zero attached hydrogens (tertiary/aromatic N) is 2. The summed E-state index contributed by atoms with van der Waals surface area (Å²) in [7, 11) is -4.35. The number of rotatable bonds is 3. The molecule has 8 heteroatoms. The predicted molar refractivity (Wildman–Crippen MR) is 87.1 cm³/mol. The highest BCUT2D eigenvalue weighted by Crippen LogP contribution is 2.42. The number of aliphatic hydroxyl groups is 1. The lowest BCUT2D eigenvalue weighted by atomic mass is 10.1. The largest absolute Gasteiger partial charge is 0.504 e. The Morgan fingerprint density at radius 3 is 2.58 bits per heavy atom. The van der Waals surface area contributed by atoms with Gasteiger partial charge in [-0.2, -0.15) is 0 Å². The first-order valence-electron chi connectivity index (χ1n) is 7.09. The molecule has 1 aromatic heterocycles. The minimum absolute atomic E-state index is 0.0359. The molecule has 3 rings (SSSR count). The zero-order chi connectivity index (χ0) is 17.5. The van der Waals surface area contributed by atoms with Crippen LogP contribution in [0, 0.1) is 6.92 Å². The zero-order valence-electron chi connectivity index (χ0n) is 12.6. The number of aryl methyl sites for hydroxylation is 1. The summed E-state index contributed by atoms with van der Waals surface area (Å²) >= 11 is 0. The molecule has 0 spiro atoms. The molecule has 0 bridgehead atoms. The molecule has 126 valence electrons. The average Bonchev–Trinajstić information content (AvgIpc) is 2.53. The molecular formula is C16H14F2N2O3S. The first-order valence-corrected chi connectivity index (χ1v) is 8.53. The van der Waals surface area contributed by atoms with Crippen molar-refractivity contribution >= 4 is 26.4 Å². The second-order valence-electron chi connectivity index (χ2n) is 5.29. The summed E-state index contributed by atoms with van der Waals surface area (Å²) in [6, 6.07) is 9.30. The van der Waals surface area contributed by atoms with Crippen molar-refractivity contribution in [2.45, 2.75) is 13.3 Å². The number of hydrogen-bond donors (Lipinski definition) is 1. The lowest BCUT2D eigenvalue weighted by Crippen LogP contribution is -2.39. The maximum atomic E-state index is 13.0. The van der Waals surface area contributed by atoms with Crippen LogP contribution in [-0.2, 0) is 10.0 Å². The number of pyridine rings is 1. The number of hydrogen-bond acceptors (Lipinski definition) is 4. The van der Waals surface area contributed by atoms with Crippen molar-refractivity contribution in [1.82, 2.24) is 4.98 Å². The van der Waals surface area contributed by atoms with E-state index in [0.29, 0.717) is 9.87 Å². The molecule has 0 radical (unpaired) electrons. The van der Waals surface area contributed by atoms with Gasteiger partial charge in [-0.25, -0.2) is 17.2 Å². The van der Waals surface area contributed by atoms with Gasteiger partial charge in [0, 0.05) is 11.8 Å². The third-order valence-electron chi connectivity index (χ3n) is 3.74. The second-order valence-corrected chi connectivity index (χ2v) is 7.09. The van der Waals surface area contributed by atoms with Gasteiger partial charge >= 0.3 is 0 Å². The fraction of sp³-hybridized carbons (Fsp3) is 0.188. The second kappa shape index (κ2) is 5.86. The van der Waals surface area contributed by atoms with Gasteiger partial charge < -0.3 is 5.11 Å². The molecule has 0 aliphatic carbocycles. The highest BCUT2D eigenvalue weighted by atomic mass is 32.2. The van der Waals surface area contributed by atoms with Crippen molar-refractivity contribution in [3.8, 4) is 0 Å². The Hall–Kier alpha value is -2.48. The number of benzene rings is 1. The van der Waals surface area contributed by atoms with E-state index in [1.165, 1.54) is 24.4 Å². The molecule has 0 atom stereocenters. The maximum Gasteiger partial charge on any atom is 0.268 e. The highest BCUT2D eigenvalue weighted by Gasteiger charge is 2.40. The predicted octanol–water partition coefficient (Wildman–Crippen LogP) is 3.19. The van der Waals surface area contributed by atoms with Crippen LogP contribution in [0.2, 0.25) is 0 Å². The molecular weight excluding hydrogens is 338 g/mol. The lowest BCUT2D eigenvalue weighted by Gasteiger charge is -2.31. The lowest BCUT2D eigenvalue weighted by molar-refractivity contribution is 0.159. The minimum Gasteiger partial charge on any atom is -0.504 e. The van der Waals surface area contributed by atoms with Gasteiger partial charge in [-0.1, -0.05) is 24.3 Å². The van der Waals surface area contributed by atoms with Crippen LogP contribution >= 0.6 is 0 Å². The van der Waals surface area contributed by atoms with E-state index in [-0.39, 0.29) is 16.9 Å². The number of alkyl halides is 2. The van der Waals surface area contributed by atoms with Gasteiger partial charge in [0.25, 0.3) is 16.4 Å². The average molecular weight is 352 g/mol. The van der Waals surface area contributed by atoms with Crippen molar-refractivity contribution in [3.63, 3.8) is 0 Å². The monoisotopic (exact) mass is 352 g/mol. The summed E-state index contributed by atoms with van der Waals surface area (Å²) in [5.41, 5.74) is 0.753. The zero-order valence-corrected chi connectivity index (χ0v) is 13.5. The van der Waals surface area contributed by atoms with Gasteiger partial charge in [-0.15, -0.1) is 0 Å². The van der Waals surface area contributed by atoms with Gasteiger partial charge in [0.1, 0.15) is 10.6 Å². The fourth-order valence-corrected chi connectivity index (χ4v) is 4.45. The maximum absolute atomic E-state index is 13.0. The van der Waals surface area contributed by atoms with Crippen molar-refractivity contribution in [2.75, 3.05) is 10.8 Å². The Balaban J connectivity index is 2.34. The van der Waals surface area contributed by atoms with Crippen LogP contribution in [0.4, 0.5) is 14.5 Å². The number of aromatic nitrogens is 1. The van der Waals surface area contributed by atoms with Gasteiger partial charge in [0.05, 0.1) is 12.2 Å². The molecule has 0 saturated heterocycles. The molecule has 0 fully saturated rings. The van der Waals surface area contributed by atoms with Gasteiger partial charge in [-0.3, -0.25) is 9.29 Å². The summed E-state index contributed by atoms with van der Waals surface area (Å²) in [6.07, 6.45) is -1.51. The number of sulfonamides is 1. The normalized spacial score (nSPS) is 16.4. The van der Waals surface area contributed by atoms with Crippen molar-refractivity contribution < 1.29 is 22.3 Å². The molecule has 1 aliphatic rings. The van der Waals surface area contributed by atoms with Crippen molar-refractivity contribution in [2.24, 2.45) is 0 Å². The molecule has 5 nitrogen and oxygen atoms in total. The smallest absolute Gasteiger partial charge is 0.268 e. The first-order chi connectivity index (χ1) is 11.3. The summed E-state index contributed by atoms with van der Waals surface area (Å²) in [4.78, 5) is 3.56. The third-order valence-corrected chi connectivity index (χ3v) is 5.59. The van der Waals surface area contributed by atoms with E-state index in [9.17, 15) is 22.3 Å². The van der Waals surface area contributed by atoms with Gasteiger partial charge in [-0.05, 0) is 24.6 Å². The molecule has 1 aromatic carbocycles. The standard InChI is InChI=1S/C16H14F2N2O3S/c1-10-5-2-3-6-11(10)16-15(21)14-12(7-4-8-19-14)20(9-13(17)18)24(16,22)23/h2-8,13,21H,9H2,1H3. The quantitative estimate of drug-likeness (QED) is 0.921. The molecule has 1 N–H and O–H groups in total. The summed E-state index contributed by atoms with van der Waals surface area (Å²) in [5, 5.41) is 10.5. The molecule has 2 aromatic rings. The van der Waals surface area contributed by atoms with Crippen LogP contribution in [-0.4, -0.2) is 31.5 Å². The van der Waals surface area contributed by atoms with Crippen LogP contribution in [0.5, 0.6) is 0 Å². The third kappa shape index (κ3) is 2.52. The van der Waals surface area contributed by atoms with Gasteiger partial charge in [0.2, 0.25) is 0 Å². The van der Waals surface area contributed by atoms with Crippen LogP contribution in [0.1, 0.15) is 16.8 Å². The van der Waals surface area contributed by atoms with E-state index in [4.69, 9.17) is 0 Å². The molecule has 0 unspecified atom stereocenters. The highest BCUT2D eigenvalue weighted by molar-refractivity contribution is 8.02. The number of halogens is 2. The van der Waals surface area contributed by atoms with E-state index in [1.54, 1.807) is 25.1 Å². The molecule has 1 aliphatic heterocycles. The summed E-state index contributed by atoms with van der Waals surface area (Å²) < 4.78 is 52.4. The van der Waals surface area contributed by atoms with Crippen molar-refractivity contribution in [1.29, 1.82) is 0 Å². The van der Waals surface area contributed by atoms with E-state index < -0.39 is 33.7 Å². The molecule has 0 amide bonds. The van der Waals surface area contributed by atoms with E-state index in [1.807, 2.05) is 0 Å². The Labute approximate surface area is 137 Å². The van der Waals surface area contributed by atoms with Crippen LogP contribution in [0.15, 0.2) is 42.6 Å². The van der Waals surface area contributed by atoms with Crippen LogP contribution in [0.3, 0.4) is 0 Å². The topological polar surface area (TPSA) is 70.5 Å². The van der Waals surface area contributed by atoms with E-state index in [0.717, 1.165) is 0 Å². The Bertz CT molecular complexity index is 926.